The molecule has 0 aliphatic rings. The van der Waals surface area contributed by atoms with Gasteiger partial charge in [0.25, 0.3) is 0 Å². The van der Waals surface area contributed by atoms with Crippen molar-refractivity contribution < 1.29 is 4.84 Å². The number of oxime groups is 1. The van der Waals surface area contributed by atoms with Crippen molar-refractivity contribution in [3.8, 4) is 0 Å². The molecule has 2 heteroatoms. The Kier molecular flexibility index (Phi) is 10.0. The summed E-state index contributed by atoms with van der Waals surface area (Å²) in [5.41, 5.74) is 0. The first-order valence-electron chi connectivity index (χ1n) is 5.05. The fraction of sp³-hybridized carbons (Fsp3) is 0.900. The second-order valence-corrected chi connectivity index (χ2v) is 2.97. The Bertz CT molecular complexity index is 102. The fourth-order valence-corrected chi connectivity index (χ4v) is 0.870. The molecule has 0 aromatic heterocycles. The van der Waals surface area contributed by atoms with Crippen molar-refractivity contribution in [2.24, 2.45) is 5.16 Å². The predicted molar refractivity (Wildman–Crippen MR) is 53.5 cm³/mol. The maximum atomic E-state index is 5.05. The van der Waals surface area contributed by atoms with E-state index in [0.29, 0.717) is 0 Å². The molecule has 0 atom stereocenters. The third kappa shape index (κ3) is 9.47. The van der Waals surface area contributed by atoms with Gasteiger partial charge in [-0.3, -0.25) is 0 Å². The van der Waals surface area contributed by atoms with E-state index in [2.05, 4.69) is 19.0 Å². The minimum Gasteiger partial charge on any atom is -0.396 e. The molecule has 0 radical (unpaired) electrons. The Morgan fingerprint density at radius 1 is 1.08 bits per heavy atom. The number of rotatable bonds is 8. The van der Waals surface area contributed by atoms with Gasteiger partial charge in [-0.25, -0.2) is 0 Å². The lowest BCUT2D eigenvalue weighted by molar-refractivity contribution is 0.141. The van der Waals surface area contributed by atoms with Crippen LogP contribution in [0.2, 0.25) is 0 Å². The normalized spacial score (nSPS) is 10.8. The molecule has 0 bridgehead atoms. The Morgan fingerprint density at radius 2 is 1.83 bits per heavy atom. The third-order valence-electron chi connectivity index (χ3n) is 1.68. The topological polar surface area (TPSA) is 21.6 Å². The fourth-order valence-electron chi connectivity index (χ4n) is 0.870. The van der Waals surface area contributed by atoms with Crippen LogP contribution in [-0.2, 0) is 4.84 Å². The zero-order valence-corrected chi connectivity index (χ0v) is 8.38. The van der Waals surface area contributed by atoms with Crippen molar-refractivity contribution in [3.63, 3.8) is 0 Å². The Balaban J connectivity index is 2.92. The molecule has 0 aliphatic carbocycles. The van der Waals surface area contributed by atoms with Gasteiger partial charge >= 0.3 is 0 Å². The highest BCUT2D eigenvalue weighted by molar-refractivity contribution is 5.55. The SMILES string of the molecule is CCCC/C=N/OCCCCC. The van der Waals surface area contributed by atoms with Crippen LogP contribution in [-0.4, -0.2) is 12.8 Å². The molecule has 0 aromatic carbocycles. The smallest absolute Gasteiger partial charge is 0.117 e. The number of nitrogens with zero attached hydrogens (tertiary/aromatic N) is 1. The first kappa shape index (κ1) is 11.5. The van der Waals surface area contributed by atoms with Crippen molar-refractivity contribution in [2.75, 3.05) is 6.61 Å². The highest BCUT2D eigenvalue weighted by Crippen LogP contribution is 1.94. The van der Waals surface area contributed by atoms with Crippen LogP contribution in [0.4, 0.5) is 0 Å². The maximum absolute atomic E-state index is 5.05. The Hall–Kier alpha value is -0.530. The van der Waals surface area contributed by atoms with Crippen LogP contribution in [0.25, 0.3) is 0 Å². The van der Waals surface area contributed by atoms with E-state index in [9.17, 15) is 0 Å². The zero-order chi connectivity index (χ0) is 9.07. The second kappa shape index (κ2) is 10.5. The molecule has 0 rings (SSSR count). The summed E-state index contributed by atoms with van der Waals surface area (Å²) in [6.45, 7) is 5.14. The minimum atomic E-state index is 0.774. The van der Waals surface area contributed by atoms with Gasteiger partial charge in [-0.15, -0.1) is 0 Å². The van der Waals surface area contributed by atoms with Gasteiger partial charge in [-0.1, -0.05) is 38.3 Å². The van der Waals surface area contributed by atoms with Gasteiger partial charge < -0.3 is 4.84 Å². The van der Waals surface area contributed by atoms with Crippen LogP contribution >= 0.6 is 0 Å². The van der Waals surface area contributed by atoms with E-state index in [-0.39, 0.29) is 0 Å². The van der Waals surface area contributed by atoms with Crippen LogP contribution in [0.15, 0.2) is 5.16 Å². The molecule has 0 saturated carbocycles. The summed E-state index contributed by atoms with van der Waals surface area (Å²) in [7, 11) is 0. The zero-order valence-electron chi connectivity index (χ0n) is 8.38. The van der Waals surface area contributed by atoms with Gasteiger partial charge in [0, 0.05) is 6.21 Å². The van der Waals surface area contributed by atoms with Crippen molar-refractivity contribution in [1.29, 1.82) is 0 Å². The molecule has 0 saturated heterocycles. The molecule has 0 heterocycles. The van der Waals surface area contributed by atoms with Crippen molar-refractivity contribution >= 4 is 6.21 Å². The number of hydrogen-bond acceptors (Lipinski definition) is 2. The molecule has 0 spiro atoms. The van der Waals surface area contributed by atoms with E-state index in [1.54, 1.807) is 0 Å². The molecule has 12 heavy (non-hydrogen) atoms. The lowest BCUT2D eigenvalue weighted by atomic mass is 10.3. The van der Waals surface area contributed by atoms with Crippen LogP contribution < -0.4 is 0 Å². The lowest BCUT2D eigenvalue weighted by Crippen LogP contribution is -1.87. The summed E-state index contributed by atoms with van der Waals surface area (Å²) >= 11 is 0. The molecule has 0 aromatic rings. The van der Waals surface area contributed by atoms with Crippen molar-refractivity contribution in [2.45, 2.75) is 52.4 Å². The van der Waals surface area contributed by atoms with Crippen LogP contribution in [0.3, 0.4) is 0 Å². The first-order chi connectivity index (χ1) is 5.91. The largest absolute Gasteiger partial charge is 0.396 e. The van der Waals surface area contributed by atoms with Gasteiger partial charge in [-0.05, 0) is 19.3 Å². The molecular formula is C10H21NO. The van der Waals surface area contributed by atoms with Crippen LogP contribution in [0.1, 0.15) is 52.4 Å². The van der Waals surface area contributed by atoms with Crippen LogP contribution in [0.5, 0.6) is 0 Å². The predicted octanol–water partition coefficient (Wildman–Crippen LogP) is 3.37. The molecule has 0 unspecified atom stereocenters. The molecular weight excluding hydrogens is 150 g/mol. The second-order valence-electron chi connectivity index (χ2n) is 2.97. The summed E-state index contributed by atoms with van der Waals surface area (Å²) < 4.78 is 0. The molecule has 2 nitrogen and oxygen atoms in total. The van der Waals surface area contributed by atoms with E-state index in [1.807, 2.05) is 6.21 Å². The summed E-state index contributed by atoms with van der Waals surface area (Å²) in [6.07, 6.45) is 8.96. The van der Waals surface area contributed by atoms with Gasteiger partial charge in [0.1, 0.15) is 6.61 Å². The highest BCUT2D eigenvalue weighted by Gasteiger charge is 1.84. The molecule has 0 aliphatic heterocycles. The number of hydrogen-bond donors (Lipinski definition) is 0. The summed E-state index contributed by atoms with van der Waals surface area (Å²) in [5.74, 6) is 0. The van der Waals surface area contributed by atoms with Crippen molar-refractivity contribution in [1.82, 2.24) is 0 Å². The maximum Gasteiger partial charge on any atom is 0.117 e. The summed E-state index contributed by atoms with van der Waals surface area (Å²) in [4.78, 5) is 5.05. The Morgan fingerprint density at radius 3 is 2.50 bits per heavy atom. The molecule has 0 amide bonds. The van der Waals surface area contributed by atoms with Gasteiger partial charge in [-0.2, -0.15) is 0 Å². The van der Waals surface area contributed by atoms with E-state index < -0.39 is 0 Å². The minimum absolute atomic E-state index is 0.774. The van der Waals surface area contributed by atoms with Gasteiger partial charge in [0.2, 0.25) is 0 Å². The summed E-state index contributed by atoms with van der Waals surface area (Å²) in [6, 6.07) is 0. The first-order valence-corrected chi connectivity index (χ1v) is 5.05. The standard InChI is InChI=1S/C10H21NO/c1-3-5-7-9-11-12-10-8-6-4-2/h9H,3-8,10H2,1-2H3/b11-9+. The van der Waals surface area contributed by atoms with E-state index >= 15 is 0 Å². The van der Waals surface area contributed by atoms with Crippen LogP contribution in [0, 0.1) is 0 Å². The third-order valence-corrected chi connectivity index (χ3v) is 1.68. The molecule has 0 N–H and O–H groups in total. The molecule has 72 valence electrons. The average Bonchev–Trinajstić information content (AvgIpc) is 2.10. The van der Waals surface area contributed by atoms with Gasteiger partial charge in [0.15, 0.2) is 0 Å². The van der Waals surface area contributed by atoms with Crippen molar-refractivity contribution in [3.05, 3.63) is 0 Å². The summed E-state index contributed by atoms with van der Waals surface area (Å²) in [5, 5.41) is 3.86. The quantitative estimate of drug-likeness (QED) is 0.312. The molecule has 0 fully saturated rings. The highest BCUT2D eigenvalue weighted by atomic mass is 16.6. The van der Waals surface area contributed by atoms with Gasteiger partial charge in [0.05, 0.1) is 0 Å². The van der Waals surface area contributed by atoms with E-state index in [0.717, 1.165) is 19.4 Å². The lowest BCUT2D eigenvalue weighted by Gasteiger charge is -1.96. The monoisotopic (exact) mass is 171 g/mol. The number of unbranched alkanes of at least 4 members (excludes halogenated alkanes) is 4. The van der Waals surface area contributed by atoms with E-state index in [1.165, 1.54) is 25.7 Å². The average molecular weight is 171 g/mol. The van der Waals surface area contributed by atoms with E-state index in [4.69, 9.17) is 4.84 Å². The Labute approximate surface area is 76.0 Å².